The van der Waals surface area contributed by atoms with Crippen LogP contribution in [0, 0.1) is 17.8 Å². The fourth-order valence-electron chi connectivity index (χ4n) is 3.94. The van der Waals surface area contributed by atoms with E-state index in [9.17, 15) is 9.59 Å². The molecule has 6 heteroatoms. The summed E-state index contributed by atoms with van der Waals surface area (Å²) in [5.41, 5.74) is 0.997. The molecule has 0 aliphatic heterocycles. The molecule has 4 rings (SSSR count). The summed E-state index contributed by atoms with van der Waals surface area (Å²) < 4.78 is 1.19. The molecule has 1 aromatic heterocycles. The number of hydrogen-bond donors (Lipinski definition) is 1. The van der Waals surface area contributed by atoms with Crippen molar-refractivity contribution >= 4 is 17.5 Å². The lowest BCUT2D eigenvalue weighted by Crippen LogP contribution is -2.36. The first-order valence-corrected chi connectivity index (χ1v) is 9.26. The van der Waals surface area contributed by atoms with E-state index in [2.05, 4.69) is 22.6 Å². The second-order valence-corrected chi connectivity index (χ2v) is 7.45. The fraction of sp³-hybridized carbons (Fsp3) is 0.350. The Morgan fingerprint density at radius 2 is 2.04 bits per heavy atom. The number of fused-ring (bicyclic) bond motifs is 2. The molecule has 1 N–H and O–H groups in total. The molecule has 26 heavy (non-hydrogen) atoms. The largest absolute Gasteiger partial charge is 0.354 e. The summed E-state index contributed by atoms with van der Waals surface area (Å²) in [5.74, 6) is 1.58. The van der Waals surface area contributed by atoms with Crippen molar-refractivity contribution in [2.75, 3.05) is 6.54 Å². The average molecular weight is 370 g/mol. The van der Waals surface area contributed by atoms with Gasteiger partial charge in [0.2, 0.25) is 5.91 Å². The first-order chi connectivity index (χ1) is 12.6. The first kappa shape index (κ1) is 17.0. The van der Waals surface area contributed by atoms with Gasteiger partial charge in [-0.3, -0.25) is 9.59 Å². The maximum atomic E-state index is 12.3. The molecule has 1 aromatic carbocycles. The third-order valence-electron chi connectivity index (χ3n) is 5.29. The van der Waals surface area contributed by atoms with E-state index in [1.807, 2.05) is 18.2 Å². The van der Waals surface area contributed by atoms with Gasteiger partial charge in [-0.25, -0.2) is 4.68 Å². The summed E-state index contributed by atoms with van der Waals surface area (Å²) in [6.07, 6.45) is 6.90. The van der Waals surface area contributed by atoms with Gasteiger partial charge >= 0.3 is 0 Å². The van der Waals surface area contributed by atoms with E-state index in [1.54, 1.807) is 12.1 Å². The molecule has 1 fully saturated rings. The number of hydrogen-bond acceptors (Lipinski definition) is 3. The van der Waals surface area contributed by atoms with Gasteiger partial charge in [0.15, 0.2) is 0 Å². The van der Waals surface area contributed by atoms with Crippen LogP contribution in [0.25, 0.3) is 11.3 Å². The van der Waals surface area contributed by atoms with Crippen LogP contribution in [0.2, 0.25) is 5.02 Å². The molecule has 3 atom stereocenters. The van der Waals surface area contributed by atoms with Crippen molar-refractivity contribution in [3.05, 3.63) is 63.9 Å². The molecular weight excluding hydrogens is 350 g/mol. The highest BCUT2D eigenvalue weighted by atomic mass is 35.5. The van der Waals surface area contributed by atoms with Gasteiger partial charge in [-0.1, -0.05) is 42.0 Å². The van der Waals surface area contributed by atoms with Crippen molar-refractivity contribution in [3.63, 3.8) is 0 Å². The number of aromatic nitrogens is 2. The van der Waals surface area contributed by atoms with Gasteiger partial charge < -0.3 is 5.32 Å². The highest BCUT2D eigenvalue weighted by molar-refractivity contribution is 6.33. The number of rotatable bonds is 5. The molecular formula is C20H20ClN3O2. The number of nitrogens with one attached hydrogen (secondary N) is 1. The zero-order valence-corrected chi connectivity index (χ0v) is 15.0. The molecule has 0 saturated heterocycles. The van der Waals surface area contributed by atoms with E-state index in [1.165, 1.54) is 17.2 Å². The van der Waals surface area contributed by atoms with E-state index < -0.39 is 0 Å². The number of amides is 1. The van der Waals surface area contributed by atoms with Crippen molar-refractivity contribution < 1.29 is 4.79 Å². The van der Waals surface area contributed by atoms with Gasteiger partial charge in [-0.05, 0) is 42.7 Å². The zero-order valence-electron chi connectivity index (χ0n) is 14.3. The molecule has 0 radical (unpaired) electrons. The Kier molecular flexibility index (Phi) is 4.64. The highest BCUT2D eigenvalue weighted by Gasteiger charge is 2.35. The summed E-state index contributed by atoms with van der Waals surface area (Å²) >= 11 is 6.20. The van der Waals surface area contributed by atoms with Crippen molar-refractivity contribution in [2.45, 2.75) is 19.4 Å². The highest BCUT2D eigenvalue weighted by Crippen LogP contribution is 2.42. The molecule has 2 aliphatic carbocycles. The third kappa shape index (κ3) is 3.44. The van der Waals surface area contributed by atoms with Crippen LogP contribution in [-0.4, -0.2) is 22.2 Å². The van der Waals surface area contributed by atoms with Crippen molar-refractivity contribution in [2.24, 2.45) is 17.8 Å². The maximum Gasteiger partial charge on any atom is 0.267 e. The van der Waals surface area contributed by atoms with Gasteiger partial charge in [-0.15, -0.1) is 0 Å². The maximum absolute atomic E-state index is 12.3. The zero-order chi connectivity index (χ0) is 18.1. The standard InChI is InChI=1S/C20H20ClN3O2/c21-17-4-2-1-3-16(17)18-7-8-20(26)24(23-18)12-19(25)22-11-15-10-13-5-6-14(15)9-13/h1-8,13-15H,9-12H2,(H,22,25)/t13-,14-,15-/m1/s1. The minimum absolute atomic E-state index is 0.0895. The topological polar surface area (TPSA) is 64.0 Å². The molecule has 1 amide bonds. The first-order valence-electron chi connectivity index (χ1n) is 8.88. The normalized spacial score (nSPS) is 23.3. The summed E-state index contributed by atoms with van der Waals surface area (Å²) in [5, 5.41) is 7.82. The van der Waals surface area contributed by atoms with Gasteiger partial charge in [0, 0.05) is 18.2 Å². The quantitative estimate of drug-likeness (QED) is 0.824. The van der Waals surface area contributed by atoms with Crippen molar-refractivity contribution in [1.82, 2.24) is 15.1 Å². The van der Waals surface area contributed by atoms with E-state index in [-0.39, 0.29) is 18.0 Å². The molecule has 1 saturated carbocycles. The van der Waals surface area contributed by atoms with Gasteiger partial charge in [-0.2, -0.15) is 5.10 Å². The Labute approximate surface area is 156 Å². The van der Waals surface area contributed by atoms with Crippen LogP contribution >= 0.6 is 11.6 Å². The van der Waals surface area contributed by atoms with Crippen LogP contribution < -0.4 is 10.9 Å². The van der Waals surface area contributed by atoms with Gasteiger partial charge in [0.05, 0.1) is 10.7 Å². The summed E-state index contributed by atoms with van der Waals surface area (Å²) in [4.78, 5) is 24.4. The van der Waals surface area contributed by atoms with Crippen LogP contribution in [-0.2, 0) is 11.3 Å². The Bertz CT molecular complexity index is 921. The SMILES string of the molecule is O=C(Cn1nc(-c2ccccc2Cl)ccc1=O)NC[C@H]1C[C@@H]2C=C[C@@H]1C2. The summed E-state index contributed by atoms with van der Waals surface area (Å²) in [6.45, 7) is 0.567. The van der Waals surface area contributed by atoms with Crippen LogP contribution in [0.3, 0.4) is 0 Å². The third-order valence-corrected chi connectivity index (χ3v) is 5.62. The molecule has 5 nitrogen and oxygen atoms in total. The smallest absolute Gasteiger partial charge is 0.267 e. The van der Waals surface area contributed by atoms with Gasteiger partial charge in [0.25, 0.3) is 5.56 Å². The summed E-state index contributed by atoms with van der Waals surface area (Å²) in [6, 6.07) is 10.3. The van der Waals surface area contributed by atoms with E-state index >= 15 is 0 Å². The second kappa shape index (κ2) is 7.08. The molecule has 1 heterocycles. The average Bonchev–Trinajstić information content (AvgIpc) is 3.25. The van der Waals surface area contributed by atoms with Crippen molar-refractivity contribution in [1.29, 1.82) is 0 Å². The number of benzene rings is 1. The Balaban J connectivity index is 1.43. The predicted molar refractivity (Wildman–Crippen MR) is 101 cm³/mol. The molecule has 134 valence electrons. The lowest BCUT2D eigenvalue weighted by molar-refractivity contribution is -0.122. The molecule has 2 aromatic rings. The van der Waals surface area contributed by atoms with Gasteiger partial charge in [0.1, 0.15) is 6.54 Å². The Morgan fingerprint density at radius 3 is 2.77 bits per heavy atom. The van der Waals surface area contributed by atoms with Crippen LogP contribution in [0.4, 0.5) is 0 Å². The monoisotopic (exact) mass is 369 g/mol. The number of allylic oxidation sites excluding steroid dienone is 2. The van der Waals surface area contributed by atoms with Crippen molar-refractivity contribution in [3.8, 4) is 11.3 Å². The molecule has 0 unspecified atom stereocenters. The number of carbonyl (C=O) groups excluding carboxylic acids is 1. The minimum atomic E-state index is -0.307. The van der Waals surface area contributed by atoms with Crippen LogP contribution in [0.1, 0.15) is 12.8 Å². The van der Waals surface area contributed by atoms with E-state index in [4.69, 9.17) is 11.6 Å². The predicted octanol–water partition coefficient (Wildman–Crippen LogP) is 2.89. The molecule has 2 aliphatic rings. The minimum Gasteiger partial charge on any atom is -0.354 e. The lowest BCUT2D eigenvalue weighted by Gasteiger charge is -2.18. The second-order valence-electron chi connectivity index (χ2n) is 7.04. The number of halogens is 1. The molecule has 2 bridgehead atoms. The van der Waals surface area contributed by atoms with Crippen LogP contribution in [0.5, 0.6) is 0 Å². The Hall–Kier alpha value is -2.40. The number of nitrogens with zero attached hydrogens (tertiary/aromatic N) is 2. The summed E-state index contributed by atoms with van der Waals surface area (Å²) in [7, 11) is 0. The lowest BCUT2D eigenvalue weighted by atomic mass is 9.94. The van der Waals surface area contributed by atoms with E-state index in [0.717, 1.165) is 12.0 Å². The number of carbonyl (C=O) groups is 1. The fourth-order valence-corrected chi connectivity index (χ4v) is 4.17. The molecule has 0 spiro atoms. The van der Waals surface area contributed by atoms with E-state index in [0.29, 0.717) is 35.0 Å². The van der Waals surface area contributed by atoms with Crippen LogP contribution in [0.15, 0.2) is 53.3 Å². The Morgan fingerprint density at radius 1 is 1.19 bits per heavy atom.